The number of nitrogens with zero attached hydrogens (tertiary/aromatic N) is 1. The molecule has 0 aliphatic heterocycles. The maximum absolute atomic E-state index is 12.1. The third-order valence-corrected chi connectivity index (χ3v) is 3.40. The van der Waals surface area contributed by atoms with Gasteiger partial charge in [-0.2, -0.15) is 5.26 Å². The lowest BCUT2D eigenvalue weighted by atomic mass is 10.0. The average molecular weight is 310 g/mol. The molecule has 0 atom stereocenters. The monoisotopic (exact) mass is 310 g/mol. The van der Waals surface area contributed by atoms with Crippen LogP contribution in [0, 0.1) is 11.3 Å². The van der Waals surface area contributed by atoms with Crippen molar-refractivity contribution in [2.45, 2.75) is 0 Å². The molecule has 0 bridgehead atoms. The van der Waals surface area contributed by atoms with Gasteiger partial charge in [0, 0.05) is 19.2 Å². The lowest BCUT2D eigenvalue weighted by Gasteiger charge is -2.10. The van der Waals surface area contributed by atoms with E-state index in [1.807, 2.05) is 42.5 Å². The van der Waals surface area contributed by atoms with Crippen molar-refractivity contribution in [3.05, 3.63) is 47.5 Å². The molecule has 0 aliphatic rings. The third-order valence-electron chi connectivity index (χ3n) is 3.40. The first kappa shape index (κ1) is 16.5. The molecule has 118 valence electrons. The molecule has 1 N–H and O–H groups in total. The molecule has 0 radical (unpaired) electrons. The van der Waals surface area contributed by atoms with Crippen LogP contribution in [0.5, 0.6) is 5.75 Å². The quantitative estimate of drug-likeness (QED) is 0.505. The number of ether oxygens (including phenoxy) is 2. The summed E-state index contributed by atoms with van der Waals surface area (Å²) in [6, 6.07) is 13.5. The molecule has 2 rings (SSSR count). The Morgan fingerprint density at radius 2 is 2.04 bits per heavy atom. The minimum absolute atomic E-state index is 0.0238. The van der Waals surface area contributed by atoms with Crippen molar-refractivity contribution in [2.24, 2.45) is 0 Å². The molecular weight excluding hydrogens is 292 g/mol. The SMILES string of the molecule is COCCNC(=O)/C(C#N)=C/c1c(OC)ccc2ccccc12. The zero-order chi connectivity index (χ0) is 16.7. The largest absolute Gasteiger partial charge is 0.496 e. The predicted molar refractivity (Wildman–Crippen MR) is 89.0 cm³/mol. The van der Waals surface area contributed by atoms with Crippen LogP contribution in [-0.4, -0.2) is 33.3 Å². The number of hydrogen-bond acceptors (Lipinski definition) is 4. The van der Waals surface area contributed by atoms with Gasteiger partial charge in [-0.25, -0.2) is 0 Å². The summed E-state index contributed by atoms with van der Waals surface area (Å²) in [5.74, 6) is 0.181. The zero-order valence-corrected chi connectivity index (χ0v) is 13.1. The summed E-state index contributed by atoms with van der Waals surface area (Å²) < 4.78 is 10.3. The summed E-state index contributed by atoms with van der Waals surface area (Å²) in [6.45, 7) is 0.739. The molecule has 0 unspecified atom stereocenters. The molecule has 0 fully saturated rings. The summed E-state index contributed by atoms with van der Waals surface area (Å²) in [5, 5.41) is 13.9. The Kier molecular flexibility index (Phi) is 5.73. The number of hydrogen-bond donors (Lipinski definition) is 1. The van der Waals surface area contributed by atoms with Crippen molar-refractivity contribution in [3.63, 3.8) is 0 Å². The van der Waals surface area contributed by atoms with Crippen LogP contribution in [0.2, 0.25) is 0 Å². The molecule has 0 heterocycles. The zero-order valence-electron chi connectivity index (χ0n) is 13.1. The van der Waals surface area contributed by atoms with Crippen LogP contribution < -0.4 is 10.1 Å². The van der Waals surface area contributed by atoms with Crippen molar-refractivity contribution in [1.82, 2.24) is 5.32 Å². The molecule has 0 saturated carbocycles. The molecule has 23 heavy (non-hydrogen) atoms. The van der Waals surface area contributed by atoms with E-state index in [-0.39, 0.29) is 5.57 Å². The smallest absolute Gasteiger partial charge is 0.262 e. The second-order valence-electron chi connectivity index (χ2n) is 4.82. The highest BCUT2D eigenvalue weighted by molar-refractivity contribution is 6.04. The highest BCUT2D eigenvalue weighted by Crippen LogP contribution is 2.30. The molecule has 5 heteroatoms. The van der Waals surface area contributed by atoms with Gasteiger partial charge in [-0.3, -0.25) is 4.79 Å². The van der Waals surface area contributed by atoms with E-state index in [0.29, 0.717) is 24.5 Å². The number of methoxy groups -OCH3 is 2. The number of rotatable bonds is 6. The van der Waals surface area contributed by atoms with Crippen LogP contribution in [0.15, 0.2) is 42.0 Å². The van der Waals surface area contributed by atoms with Crippen LogP contribution in [0.1, 0.15) is 5.56 Å². The first-order valence-corrected chi connectivity index (χ1v) is 7.16. The van der Waals surface area contributed by atoms with E-state index in [9.17, 15) is 10.1 Å². The van der Waals surface area contributed by atoms with Crippen molar-refractivity contribution < 1.29 is 14.3 Å². The van der Waals surface area contributed by atoms with Gasteiger partial charge in [0.15, 0.2) is 0 Å². The number of carbonyl (C=O) groups is 1. The summed E-state index contributed by atoms with van der Waals surface area (Å²) >= 11 is 0. The normalized spacial score (nSPS) is 11.1. The minimum atomic E-state index is -0.431. The van der Waals surface area contributed by atoms with Crippen molar-refractivity contribution in [2.75, 3.05) is 27.4 Å². The maximum Gasteiger partial charge on any atom is 0.262 e. The first-order chi connectivity index (χ1) is 11.2. The number of fused-ring (bicyclic) bond motifs is 1. The van der Waals surface area contributed by atoms with Gasteiger partial charge in [0.05, 0.1) is 13.7 Å². The average Bonchev–Trinajstić information content (AvgIpc) is 2.59. The molecule has 5 nitrogen and oxygen atoms in total. The fourth-order valence-corrected chi connectivity index (χ4v) is 2.26. The van der Waals surface area contributed by atoms with E-state index in [2.05, 4.69) is 5.32 Å². The van der Waals surface area contributed by atoms with E-state index in [1.54, 1.807) is 20.3 Å². The lowest BCUT2D eigenvalue weighted by molar-refractivity contribution is -0.117. The number of nitriles is 1. The number of amides is 1. The second kappa shape index (κ2) is 7.97. The van der Waals surface area contributed by atoms with Gasteiger partial charge in [-0.1, -0.05) is 30.3 Å². The standard InChI is InChI=1S/C18H18N2O3/c1-22-10-9-20-18(21)14(12-19)11-16-15-6-4-3-5-13(15)7-8-17(16)23-2/h3-8,11H,9-10H2,1-2H3,(H,20,21)/b14-11+. The van der Waals surface area contributed by atoms with Gasteiger partial charge in [0.25, 0.3) is 5.91 Å². The molecular formula is C18H18N2O3. The maximum atomic E-state index is 12.1. The van der Waals surface area contributed by atoms with Crippen molar-refractivity contribution >= 4 is 22.8 Å². The lowest BCUT2D eigenvalue weighted by Crippen LogP contribution is -2.27. The molecule has 2 aromatic carbocycles. The van der Waals surface area contributed by atoms with E-state index >= 15 is 0 Å². The predicted octanol–water partition coefficient (Wildman–Crippen LogP) is 2.52. The van der Waals surface area contributed by atoms with E-state index in [0.717, 1.165) is 10.8 Å². The highest BCUT2D eigenvalue weighted by Gasteiger charge is 2.12. The molecule has 0 aromatic heterocycles. The first-order valence-electron chi connectivity index (χ1n) is 7.16. The molecule has 0 saturated heterocycles. The van der Waals surface area contributed by atoms with Crippen LogP contribution in [0.4, 0.5) is 0 Å². The van der Waals surface area contributed by atoms with Crippen LogP contribution in [0.25, 0.3) is 16.8 Å². The van der Waals surface area contributed by atoms with Crippen LogP contribution in [0.3, 0.4) is 0 Å². The van der Waals surface area contributed by atoms with Gasteiger partial charge in [0.1, 0.15) is 17.4 Å². The summed E-state index contributed by atoms with van der Waals surface area (Å²) in [5.41, 5.74) is 0.736. The molecule has 0 spiro atoms. The van der Waals surface area contributed by atoms with Gasteiger partial charge >= 0.3 is 0 Å². The molecule has 0 aliphatic carbocycles. The van der Waals surface area contributed by atoms with Crippen LogP contribution in [-0.2, 0) is 9.53 Å². The topological polar surface area (TPSA) is 71.3 Å². The third kappa shape index (κ3) is 3.87. The Bertz CT molecular complexity index is 775. The Hall–Kier alpha value is -2.84. The van der Waals surface area contributed by atoms with E-state index in [4.69, 9.17) is 9.47 Å². The Labute approximate surface area is 135 Å². The Balaban J connectivity index is 2.45. The van der Waals surface area contributed by atoms with Gasteiger partial charge in [-0.05, 0) is 22.9 Å². The Morgan fingerprint density at radius 1 is 1.26 bits per heavy atom. The van der Waals surface area contributed by atoms with Gasteiger partial charge in [-0.15, -0.1) is 0 Å². The van der Waals surface area contributed by atoms with Gasteiger partial charge < -0.3 is 14.8 Å². The summed E-state index contributed by atoms with van der Waals surface area (Å²) in [4.78, 5) is 12.1. The fraction of sp³-hybridized carbons (Fsp3) is 0.222. The number of carbonyl (C=O) groups excluding carboxylic acids is 1. The summed E-state index contributed by atoms with van der Waals surface area (Å²) in [6.07, 6.45) is 1.56. The molecule has 2 aromatic rings. The minimum Gasteiger partial charge on any atom is -0.496 e. The summed E-state index contributed by atoms with van der Waals surface area (Å²) in [7, 11) is 3.11. The Morgan fingerprint density at radius 3 is 2.74 bits per heavy atom. The van der Waals surface area contributed by atoms with E-state index < -0.39 is 5.91 Å². The van der Waals surface area contributed by atoms with Crippen LogP contribution >= 0.6 is 0 Å². The van der Waals surface area contributed by atoms with Gasteiger partial charge in [0.2, 0.25) is 0 Å². The fourth-order valence-electron chi connectivity index (χ4n) is 2.26. The number of nitrogens with one attached hydrogen (secondary N) is 1. The molecule has 1 amide bonds. The second-order valence-corrected chi connectivity index (χ2v) is 4.82. The number of benzene rings is 2. The van der Waals surface area contributed by atoms with Crippen molar-refractivity contribution in [1.29, 1.82) is 5.26 Å². The highest BCUT2D eigenvalue weighted by atomic mass is 16.5. The van der Waals surface area contributed by atoms with E-state index in [1.165, 1.54) is 0 Å². The van der Waals surface area contributed by atoms with Crippen molar-refractivity contribution in [3.8, 4) is 11.8 Å².